The Morgan fingerprint density at radius 2 is 1.58 bits per heavy atom. The average Bonchev–Trinajstić information content (AvgIpc) is 3.57. The Bertz CT molecular complexity index is 1540. The summed E-state index contributed by atoms with van der Waals surface area (Å²) in [4.78, 5) is 18.8. The van der Waals surface area contributed by atoms with Crippen LogP contribution in [0.4, 0.5) is 5.82 Å². The van der Waals surface area contributed by atoms with Crippen molar-refractivity contribution in [1.82, 2.24) is 38.9 Å². The van der Waals surface area contributed by atoms with E-state index in [9.17, 15) is 0 Å². The average molecular weight is 508 g/mol. The monoisotopic (exact) mass is 507 g/mol. The van der Waals surface area contributed by atoms with Gasteiger partial charge in [-0.25, -0.2) is 19.6 Å². The molecule has 1 aromatic carbocycles. The van der Waals surface area contributed by atoms with Gasteiger partial charge in [-0.15, -0.1) is 0 Å². The van der Waals surface area contributed by atoms with E-state index in [2.05, 4.69) is 62.0 Å². The number of anilines is 1. The molecule has 5 heterocycles. The van der Waals surface area contributed by atoms with Gasteiger partial charge in [-0.1, -0.05) is 30.3 Å². The zero-order chi connectivity index (χ0) is 25.6. The molecule has 5 aromatic rings. The first kappa shape index (κ1) is 23.3. The van der Waals surface area contributed by atoms with E-state index in [1.165, 1.54) is 39.0 Å². The maximum Gasteiger partial charge on any atom is 0.164 e. The smallest absolute Gasteiger partial charge is 0.164 e. The van der Waals surface area contributed by atoms with Gasteiger partial charge in [0.1, 0.15) is 23.5 Å². The molecule has 4 aromatic heterocycles. The fourth-order valence-electron chi connectivity index (χ4n) is 6.18. The van der Waals surface area contributed by atoms with E-state index in [1.807, 2.05) is 28.8 Å². The molecule has 0 unspecified atom stereocenters. The van der Waals surface area contributed by atoms with Gasteiger partial charge in [-0.3, -0.25) is 4.90 Å². The van der Waals surface area contributed by atoms with Crippen LogP contribution in [0.15, 0.2) is 61.2 Å². The van der Waals surface area contributed by atoms with Gasteiger partial charge in [0.15, 0.2) is 5.65 Å². The summed E-state index contributed by atoms with van der Waals surface area (Å²) in [5, 5.41) is 5.96. The highest BCUT2D eigenvalue weighted by Gasteiger charge is 2.30. The van der Waals surface area contributed by atoms with Gasteiger partial charge in [-0.05, 0) is 44.9 Å². The largest absolute Gasteiger partial charge is 0.383 e. The Labute approximate surface area is 221 Å². The molecule has 0 atom stereocenters. The van der Waals surface area contributed by atoms with Crippen LogP contribution in [-0.4, -0.2) is 78.2 Å². The standard InChI is InChI=1S/C29H33N9/c1-35-14-16-36(17-15-35)22-9-11-23(12-10-22)38-29-26(28(30)31-19-32-29)27(34-38)21-7-5-20(6-8-21)24-18-37-13-3-2-4-25(37)33-24/h2-8,13,18-19,22-23H,9-12,14-17H2,1H3,(H2,30,31,32)/t22-,23+. The van der Waals surface area contributed by atoms with E-state index >= 15 is 0 Å². The van der Waals surface area contributed by atoms with Gasteiger partial charge in [-0.2, -0.15) is 5.10 Å². The van der Waals surface area contributed by atoms with Crippen molar-refractivity contribution >= 4 is 22.5 Å². The van der Waals surface area contributed by atoms with Crippen molar-refractivity contribution in [1.29, 1.82) is 0 Å². The molecule has 7 rings (SSSR count). The maximum atomic E-state index is 6.40. The number of nitrogen functional groups attached to an aromatic ring is 1. The van der Waals surface area contributed by atoms with E-state index < -0.39 is 0 Å². The second-order valence-corrected chi connectivity index (χ2v) is 10.7. The normalized spacial score (nSPS) is 21.4. The number of nitrogens with zero attached hydrogens (tertiary/aromatic N) is 8. The van der Waals surface area contributed by atoms with E-state index in [1.54, 1.807) is 6.33 Å². The van der Waals surface area contributed by atoms with Crippen molar-refractivity contribution in [3.8, 4) is 22.5 Å². The molecule has 0 spiro atoms. The molecule has 2 fully saturated rings. The Morgan fingerprint density at radius 1 is 0.842 bits per heavy atom. The molecule has 1 saturated carbocycles. The lowest BCUT2D eigenvalue weighted by molar-refractivity contribution is 0.0815. The summed E-state index contributed by atoms with van der Waals surface area (Å²) in [5.41, 5.74) is 12.0. The number of piperazine rings is 1. The molecule has 0 amide bonds. The van der Waals surface area contributed by atoms with Crippen molar-refractivity contribution in [2.45, 2.75) is 37.8 Å². The summed E-state index contributed by atoms with van der Waals surface area (Å²) in [6.45, 7) is 4.68. The van der Waals surface area contributed by atoms with Gasteiger partial charge in [0, 0.05) is 55.7 Å². The lowest BCUT2D eigenvalue weighted by Gasteiger charge is -2.41. The number of nitrogens with two attached hydrogens (primary N) is 1. The Hall–Kier alpha value is -3.82. The third kappa shape index (κ3) is 4.12. The first-order valence-electron chi connectivity index (χ1n) is 13.6. The zero-order valence-corrected chi connectivity index (χ0v) is 21.7. The quantitative estimate of drug-likeness (QED) is 0.391. The first-order valence-corrected chi connectivity index (χ1v) is 13.6. The van der Waals surface area contributed by atoms with Crippen LogP contribution in [0.25, 0.3) is 39.2 Å². The molecule has 194 valence electrons. The number of rotatable bonds is 4. The van der Waals surface area contributed by atoms with Crippen LogP contribution in [0.1, 0.15) is 31.7 Å². The third-order valence-electron chi connectivity index (χ3n) is 8.40. The summed E-state index contributed by atoms with van der Waals surface area (Å²) in [6, 6.07) is 15.4. The molecular weight excluding hydrogens is 474 g/mol. The molecule has 0 bridgehead atoms. The van der Waals surface area contributed by atoms with Gasteiger partial charge in [0.05, 0.1) is 17.1 Å². The lowest BCUT2D eigenvalue weighted by Crippen LogP contribution is -2.49. The SMILES string of the molecule is CN1CCN([C@H]2CC[C@@H](n3nc(-c4ccc(-c5cn6ccccc6n5)cc4)c4c(N)ncnc43)CC2)CC1. The van der Waals surface area contributed by atoms with E-state index in [4.69, 9.17) is 15.8 Å². The van der Waals surface area contributed by atoms with Crippen LogP contribution in [0.2, 0.25) is 0 Å². The molecular formula is C29H33N9. The number of benzene rings is 1. The highest BCUT2D eigenvalue weighted by Crippen LogP contribution is 2.37. The second kappa shape index (κ2) is 9.49. The second-order valence-electron chi connectivity index (χ2n) is 10.7. The van der Waals surface area contributed by atoms with E-state index in [0.29, 0.717) is 17.9 Å². The molecule has 0 radical (unpaired) electrons. The Morgan fingerprint density at radius 3 is 2.34 bits per heavy atom. The summed E-state index contributed by atoms with van der Waals surface area (Å²) in [6.07, 6.45) is 10.2. The van der Waals surface area contributed by atoms with Crippen LogP contribution in [0.5, 0.6) is 0 Å². The lowest BCUT2D eigenvalue weighted by atomic mass is 9.90. The summed E-state index contributed by atoms with van der Waals surface area (Å²) >= 11 is 0. The fourth-order valence-corrected chi connectivity index (χ4v) is 6.18. The molecule has 9 heteroatoms. The number of hydrogen-bond acceptors (Lipinski definition) is 7. The topological polar surface area (TPSA) is 93.4 Å². The van der Waals surface area contributed by atoms with Crippen molar-refractivity contribution in [3.05, 3.63) is 61.2 Å². The van der Waals surface area contributed by atoms with E-state index in [0.717, 1.165) is 52.0 Å². The first-order chi connectivity index (χ1) is 18.6. The molecule has 1 aliphatic heterocycles. The van der Waals surface area contributed by atoms with Crippen molar-refractivity contribution in [2.75, 3.05) is 39.0 Å². The predicted molar refractivity (Wildman–Crippen MR) is 150 cm³/mol. The fraction of sp³-hybridized carbons (Fsp3) is 0.379. The zero-order valence-electron chi connectivity index (χ0n) is 21.7. The number of aromatic nitrogens is 6. The molecule has 1 saturated heterocycles. The number of fused-ring (bicyclic) bond motifs is 2. The molecule has 38 heavy (non-hydrogen) atoms. The van der Waals surface area contributed by atoms with E-state index in [-0.39, 0.29) is 0 Å². The molecule has 9 nitrogen and oxygen atoms in total. The minimum atomic E-state index is 0.321. The number of imidazole rings is 1. The van der Waals surface area contributed by atoms with Crippen LogP contribution in [-0.2, 0) is 0 Å². The number of hydrogen-bond donors (Lipinski definition) is 1. The number of pyridine rings is 1. The highest BCUT2D eigenvalue weighted by molar-refractivity contribution is 5.98. The van der Waals surface area contributed by atoms with Crippen molar-refractivity contribution in [3.63, 3.8) is 0 Å². The highest BCUT2D eigenvalue weighted by atomic mass is 15.3. The minimum absolute atomic E-state index is 0.321. The van der Waals surface area contributed by atoms with Gasteiger partial charge >= 0.3 is 0 Å². The summed E-state index contributed by atoms with van der Waals surface area (Å²) in [7, 11) is 2.22. The minimum Gasteiger partial charge on any atom is -0.383 e. The Kier molecular flexibility index (Phi) is 5.82. The van der Waals surface area contributed by atoms with Crippen LogP contribution < -0.4 is 5.73 Å². The third-order valence-corrected chi connectivity index (χ3v) is 8.40. The maximum absolute atomic E-state index is 6.40. The van der Waals surface area contributed by atoms with Crippen molar-refractivity contribution < 1.29 is 0 Å². The molecule has 1 aliphatic carbocycles. The van der Waals surface area contributed by atoms with Crippen LogP contribution >= 0.6 is 0 Å². The Balaban J connectivity index is 1.17. The molecule has 2 aliphatic rings. The predicted octanol–water partition coefficient (Wildman–Crippen LogP) is 4.12. The summed E-state index contributed by atoms with van der Waals surface area (Å²) in [5.74, 6) is 0.479. The van der Waals surface area contributed by atoms with Crippen LogP contribution in [0, 0.1) is 0 Å². The van der Waals surface area contributed by atoms with Gasteiger partial charge < -0.3 is 15.0 Å². The van der Waals surface area contributed by atoms with Gasteiger partial charge in [0.2, 0.25) is 0 Å². The van der Waals surface area contributed by atoms with Gasteiger partial charge in [0.25, 0.3) is 0 Å². The van der Waals surface area contributed by atoms with Crippen molar-refractivity contribution in [2.24, 2.45) is 0 Å². The summed E-state index contributed by atoms with van der Waals surface area (Å²) < 4.78 is 4.16. The molecule has 2 N–H and O–H groups in total. The number of likely N-dealkylation sites (N-methyl/N-ethyl adjacent to an activating group) is 1. The van der Waals surface area contributed by atoms with Crippen LogP contribution in [0.3, 0.4) is 0 Å².